The maximum absolute atomic E-state index is 13.3. The Morgan fingerprint density at radius 2 is 1.64 bits per heavy atom. The van der Waals surface area contributed by atoms with Gasteiger partial charge in [0.25, 0.3) is 0 Å². The van der Waals surface area contributed by atoms with Crippen LogP contribution in [0.25, 0.3) is 0 Å². The van der Waals surface area contributed by atoms with Crippen LogP contribution in [0, 0.1) is 5.41 Å². The van der Waals surface area contributed by atoms with E-state index in [0.29, 0.717) is 12.5 Å². The second-order valence-corrected chi connectivity index (χ2v) is 9.08. The molecule has 6 nitrogen and oxygen atoms in total. The van der Waals surface area contributed by atoms with Crippen molar-refractivity contribution in [3.63, 3.8) is 0 Å². The molecule has 2 aromatic carbocycles. The van der Waals surface area contributed by atoms with Crippen LogP contribution in [0.3, 0.4) is 0 Å². The minimum Gasteiger partial charge on any atom is -0.497 e. The van der Waals surface area contributed by atoms with E-state index in [0.717, 1.165) is 74.5 Å². The minimum absolute atomic E-state index is 0. The molecular formula is C26H36ClN3O3. The van der Waals surface area contributed by atoms with E-state index in [4.69, 9.17) is 15.2 Å². The van der Waals surface area contributed by atoms with E-state index in [1.54, 1.807) is 14.2 Å². The highest BCUT2D eigenvalue weighted by Crippen LogP contribution is 2.42. The lowest BCUT2D eigenvalue weighted by Gasteiger charge is -2.38. The molecule has 0 aliphatic carbocycles. The van der Waals surface area contributed by atoms with Gasteiger partial charge < -0.3 is 25.0 Å². The van der Waals surface area contributed by atoms with Gasteiger partial charge in [-0.1, -0.05) is 30.3 Å². The number of para-hydroxylation sites is 1. The van der Waals surface area contributed by atoms with Crippen LogP contribution in [0.4, 0.5) is 0 Å². The van der Waals surface area contributed by atoms with Gasteiger partial charge in [-0.3, -0.25) is 4.79 Å². The summed E-state index contributed by atoms with van der Waals surface area (Å²) in [6, 6.07) is 15.9. The van der Waals surface area contributed by atoms with Crippen LogP contribution in [0.2, 0.25) is 0 Å². The Bertz CT molecular complexity index is 913. The third kappa shape index (κ3) is 5.62. The van der Waals surface area contributed by atoms with Gasteiger partial charge in [-0.05, 0) is 69.1 Å². The van der Waals surface area contributed by atoms with Crippen LogP contribution in [-0.2, 0) is 11.3 Å². The van der Waals surface area contributed by atoms with Crippen molar-refractivity contribution >= 4 is 18.3 Å². The number of methoxy groups -OCH3 is 2. The summed E-state index contributed by atoms with van der Waals surface area (Å²) >= 11 is 0. The highest BCUT2D eigenvalue weighted by Gasteiger charge is 2.47. The fourth-order valence-corrected chi connectivity index (χ4v) is 5.11. The van der Waals surface area contributed by atoms with E-state index in [1.807, 2.05) is 53.4 Å². The van der Waals surface area contributed by atoms with Crippen molar-refractivity contribution in [3.8, 4) is 11.5 Å². The van der Waals surface area contributed by atoms with Crippen molar-refractivity contribution in [2.24, 2.45) is 11.1 Å². The number of nitrogens with zero attached hydrogens (tertiary/aromatic N) is 2. The van der Waals surface area contributed by atoms with Crippen molar-refractivity contribution in [2.75, 3.05) is 40.4 Å². The van der Waals surface area contributed by atoms with E-state index >= 15 is 0 Å². The van der Waals surface area contributed by atoms with Crippen LogP contribution < -0.4 is 15.2 Å². The molecule has 7 heteroatoms. The zero-order chi connectivity index (χ0) is 22.6. The minimum atomic E-state index is -0.173. The molecule has 0 saturated carbocycles. The number of carbonyl (C=O) groups is 1. The van der Waals surface area contributed by atoms with E-state index in [9.17, 15) is 4.79 Å². The lowest BCUT2D eigenvalue weighted by atomic mass is 9.77. The Morgan fingerprint density at radius 3 is 2.30 bits per heavy atom. The number of hydrogen-bond donors (Lipinski definition) is 1. The molecule has 0 radical (unpaired) electrons. The molecule has 1 atom stereocenters. The Kier molecular flexibility index (Phi) is 8.63. The van der Waals surface area contributed by atoms with Gasteiger partial charge in [0.1, 0.15) is 11.5 Å². The SMILES string of the molecule is COc1ccc(CN2CCC3(CCN(CCC(N)c4ccccc4OC)CC3)C2=O)cc1.Cl. The second-order valence-electron chi connectivity index (χ2n) is 9.08. The summed E-state index contributed by atoms with van der Waals surface area (Å²) < 4.78 is 10.7. The predicted octanol–water partition coefficient (Wildman–Crippen LogP) is 4.03. The summed E-state index contributed by atoms with van der Waals surface area (Å²) in [6.45, 7) is 4.40. The van der Waals surface area contributed by atoms with Crippen LogP contribution in [0.5, 0.6) is 11.5 Å². The number of nitrogens with two attached hydrogens (primary N) is 1. The lowest BCUT2D eigenvalue weighted by Crippen LogP contribution is -2.45. The summed E-state index contributed by atoms with van der Waals surface area (Å²) in [7, 11) is 3.35. The molecule has 33 heavy (non-hydrogen) atoms. The van der Waals surface area contributed by atoms with Gasteiger partial charge in [-0.2, -0.15) is 0 Å². The molecule has 2 aromatic rings. The molecule has 1 spiro atoms. The Hall–Kier alpha value is -2.28. The van der Waals surface area contributed by atoms with Gasteiger partial charge in [-0.25, -0.2) is 0 Å². The predicted molar refractivity (Wildman–Crippen MR) is 133 cm³/mol. The monoisotopic (exact) mass is 473 g/mol. The number of ether oxygens (including phenoxy) is 2. The lowest BCUT2D eigenvalue weighted by molar-refractivity contribution is -0.138. The zero-order valence-corrected chi connectivity index (χ0v) is 20.5. The normalized spacial score (nSPS) is 18.8. The first-order valence-corrected chi connectivity index (χ1v) is 11.6. The number of rotatable bonds is 8. The number of amides is 1. The molecule has 2 aliphatic heterocycles. The first-order valence-electron chi connectivity index (χ1n) is 11.6. The first-order chi connectivity index (χ1) is 15.5. The molecular weight excluding hydrogens is 438 g/mol. The number of halogens is 1. The Labute approximate surface area is 203 Å². The van der Waals surface area contributed by atoms with Gasteiger partial charge in [-0.15, -0.1) is 12.4 Å². The molecule has 2 N–H and O–H groups in total. The average molecular weight is 474 g/mol. The van der Waals surface area contributed by atoms with Gasteiger partial charge >= 0.3 is 0 Å². The molecule has 2 aliphatic rings. The summed E-state index contributed by atoms with van der Waals surface area (Å²) in [6.07, 6.45) is 3.73. The molecule has 4 rings (SSSR count). The van der Waals surface area contributed by atoms with E-state index in [1.165, 1.54) is 0 Å². The number of hydrogen-bond acceptors (Lipinski definition) is 5. The fraction of sp³-hybridized carbons (Fsp3) is 0.500. The van der Waals surface area contributed by atoms with Crippen LogP contribution in [0.15, 0.2) is 48.5 Å². The van der Waals surface area contributed by atoms with Gasteiger partial charge in [0.05, 0.1) is 19.6 Å². The molecule has 2 heterocycles. The molecule has 1 unspecified atom stereocenters. The topological polar surface area (TPSA) is 68.0 Å². The summed E-state index contributed by atoms with van der Waals surface area (Å²) in [5, 5.41) is 0. The molecule has 2 fully saturated rings. The smallest absolute Gasteiger partial charge is 0.229 e. The zero-order valence-electron chi connectivity index (χ0n) is 19.7. The number of likely N-dealkylation sites (tertiary alicyclic amines) is 2. The molecule has 1 amide bonds. The maximum Gasteiger partial charge on any atom is 0.229 e. The van der Waals surface area contributed by atoms with Crippen LogP contribution >= 0.6 is 12.4 Å². The van der Waals surface area contributed by atoms with Crippen LogP contribution in [-0.4, -0.2) is 56.1 Å². The van der Waals surface area contributed by atoms with Crippen LogP contribution in [0.1, 0.15) is 42.9 Å². The van der Waals surface area contributed by atoms with E-state index < -0.39 is 0 Å². The van der Waals surface area contributed by atoms with Crippen molar-refractivity contribution in [2.45, 2.75) is 38.3 Å². The van der Waals surface area contributed by atoms with Crippen molar-refractivity contribution in [1.82, 2.24) is 9.80 Å². The number of benzene rings is 2. The Morgan fingerprint density at radius 1 is 0.970 bits per heavy atom. The van der Waals surface area contributed by atoms with Gasteiger partial charge in [0.2, 0.25) is 5.91 Å². The second kappa shape index (κ2) is 11.2. The number of carbonyl (C=O) groups excluding carboxylic acids is 1. The standard InChI is InChI=1S/C26H35N3O3.ClH/c1-31-21-9-7-20(8-10-21)19-29-18-14-26(25(29)30)12-16-28(17-13-26)15-11-23(27)22-5-3-4-6-24(22)32-2;/h3-10,23H,11-19,27H2,1-2H3;1H. The highest BCUT2D eigenvalue weighted by atomic mass is 35.5. The fourth-order valence-electron chi connectivity index (χ4n) is 5.11. The number of piperidine rings is 1. The van der Waals surface area contributed by atoms with E-state index in [2.05, 4.69) is 4.90 Å². The molecule has 0 aromatic heterocycles. The molecule has 0 bridgehead atoms. The third-order valence-electron chi connectivity index (χ3n) is 7.24. The largest absolute Gasteiger partial charge is 0.497 e. The highest BCUT2D eigenvalue weighted by molar-refractivity contribution is 5.85. The average Bonchev–Trinajstić information content (AvgIpc) is 3.13. The summed E-state index contributed by atoms with van der Waals surface area (Å²) in [4.78, 5) is 17.8. The quantitative estimate of drug-likeness (QED) is 0.627. The maximum atomic E-state index is 13.3. The van der Waals surface area contributed by atoms with Gasteiger partial charge in [0, 0.05) is 24.7 Å². The summed E-state index contributed by atoms with van der Waals surface area (Å²) in [5.74, 6) is 2.03. The van der Waals surface area contributed by atoms with Crippen molar-refractivity contribution in [1.29, 1.82) is 0 Å². The van der Waals surface area contributed by atoms with Crippen molar-refractivity contribution in [3.05, 3.63) is 59.7 Å². The van der Waals surface area contributed by atoms with E-state index in [-0.39, 0.29) is 23.9 Å². The molecule has 180 valence electrons. The van der Waals surface area contributed by atoms with Crippen molar-refractivity contribution < 1.29 is 14.3 Å². The first kappa shape index (κ1) is 25.3. The summed E-state index contributed by atoms with van der Waals surface area (Å²) in [5.41, 5.74) is 8.50. The molecule has 2 saturated heterocycles. The van der Waals surface area contributed by atoms with Gasteiger partial charge in [0.15, 0.2) is 0 Å². The Balaban J connectivity index is 0.00000306. The third-order valence-corrected chi connectivity index (χ3v) is 7.24.